The van der Waals surface area contributed by atoms with Crippen molar-refractivity contribution in [3.8, 4) is 5.69 Å². The van der Waals surface area contributed by atoms with Crippen molar-refractivity contribution in [3.63, 3.8) is 0 Å². The maximum absolute atomic E-state index is 14.2. The molecule has 5 aromatic rings. The van der Waals surface area contributed by atoms with E-state index in [9.17, 15) is 18.6 Å². The number of carbonyl (C=O) groups excluding carboxylic acids is 3. The molecular weight excluding hydrogens is 635 g/mol. The average molecular weight is 676 g/mol. The SMILES string of the molecule is CCCCN(CCCC)C(=O)c1ccn(-c2ccc(C(=O)NS(=O)c3ccc4ccccc4c3)cc2C(=O)N2CCc3ccccc3C2)n1. The molecule has 1 aliphatic heterocycles. The number of rotatable bonds is 12. The van der Waals surface area contributed by atoms with Gasteiger partial charge in [-0.3, -0.25) is 19.1 Å². The Labute approximate surface area is 289 Å². The first-order valence-electron chi connectivity index (χ1n) is 16.9. The Balaban J connectivity index is 1.30. The van der Waals surface area contributed by atoms with E-state index in [0.717, 1.165) is 42.0 Å². The second kappa shape index (κ2) is 15.4. The van der Waals surface area contributed by atoms with Gasteiger partial charge in [0.25, 0.3) is 17.7 Å². The third-order valence-corrected chi connectivity index (χ3v) is 9.99. The molecule has 0 radical (unpaired) electrons. The Morgan fingerprint density at radius 2 is 1.55 bits per heavy atom. The fraction of sp³-hybridized carbons (Fsp3) is 0.282. The molecule has 0 saturated heterocycles. The standard InChI is InChI=1S/C39H41N5O4S/c1-3-5-21-42(22-6-4-2)39(47)35-20-24-44(40-35)36-18-16-31(26-34(36)38(46)43-23-19-29-12-8-10-14-32(29)27-43)37(45)41-49(48)33-17-15-28-11-7-9-13-30(28)25-33/h7-18,20,24-26H,3-6,19,21-23,27H2,1-2H3,(H,41,45). The number of carbonyl (C=O) groups is 3. The zero-order chi connectivity index (χ0) is 34.3. The van der Waals surface area contributed by atoms with Crippen LogP contribution in [0.3, 0.4) is 0 Å². The third kappa shape index (κ3) is 7.65. The summed E-state index contributed by atoms with van der Waals surface area (Å²) in [5, 5.41) is 6.56. The molecule has 0 spiro atoms. The van der Waals surface area contributed by atoms with Gasteiger partial charge in [0.1, 0.15) is 0 Å². The highest BCUT2D eigenvalue weighted by Gasteiger charge is 2.27. The van der Waals surface area contributed by atoms with E-state index in [1.165, 1.54) is 16.3 Å². The van der Waals surface area contributed by atoms with Crippen LogP contribution in [0.15, 0.2) is 102 Å². The lowest BCUT2D eigenvalue weighted by atomic mass is 9.98. The van der Waals surface area contributed by atoms with Crippen molar-refractivity contribution in [1.29, 1.82) is 0 Å². The Kier molecular flexibility index (Phi) is 10.6. The van der Waals surface area contributed by atoms with Gasteiger partial charge >= 0.3 is 0 Å². The van der Waals surface area contributed by atoms with Gasteiger partial charge in [-0.05, 0) is 77.6 Å². The third-order valence-electron chi connectivity index (χ3n) is 8.93. The van der Waals surface area contributed by atoms with Crippen LogP contribution in [0.4, 0.5) is 0 Å². The molecule has 0 fully saturated rings. The van der Waals surface area contributed by atoms with E-state index in [2.05, 4.69) is 29.7 Å². The number of fused-ring (bicyclic) bond motifs is 2. The fourth-order valence-corrected chi connectivity index (χ4v) is 6.95. The molecule has 1 aliphatic rings. The van der Waals surface area contributed by atoms with E-state index in [-0.39, 0.29) is 22.9 Å². The number of amides is 3. The Morgan fingerprint density at radius 1 is 0.837 bits per heavy atom. The zero-order valence-electron chi connectivity index (χ0n) is 27.9. The molecule has 10 heteroatoms. The summed E-state index contributed by atoms with van der Waals surface area (Å²) in [7, 11) is -1.82. The minimum atomic E-state index is -1.82. The number of aromatic nitrogens is 2. The topological polar surface area (TPSA) is 105 Å². The van der Waals surface area contributed by atoms with Gasteiger partial charge < -0.3 is 9.80 Å². The molecule has 0 bridgehead atoms. The molecule has 49 heavy (non-hydrogen) atoms. The van der Waals surface area contributed by atoms with Crippen LogP contribution in [-0.2, 0) is 24.0 Å². The zero-order valence-corrected chi connectivity index (χ0v) is 28.7. The lowest BCUT2D eigenvalue weighted by Gasteiger charge is -2.29. The average Bonchev–Trinajstić information content (AvgIpc) is 3.64. The van der Waals surface area contributed by atoms with Crippen LogP contribution in [0.2, 0.25) is 0 Å². The van der Waals surface area contributed by atoms with E-state index in [4.69, 9.17) is 0 Å². The summed E-state index contributed by atoms with van der Waals surface area (Å²) in [6.45, 7) is 6.47. The van der Waals surface area contributed by atoms with Gasteiger partial charge in [0.15, 0.2) is 16.7 Å². The van der Waals surface area contributed by atoms with Gasteiger partial charge in [-0.25, -0.2) is 8.89 Å². The van der Waals surface area contributed by atoms with Crippen LogP contribution >= 0.6 is 0 Å². The van der Waals surface area contributed by atoms with Crippen molar-refractivity contribution in [1.82, 2.24) is 24.3 Å². The molecule has 1 atom stereocenters. The summed E-state index contributed by atoms with van der Waals surface area (Å²) in [6.07, 6.45) is 6.16. The van der Waals surface area contributed by atoms with Crippen LogP contribution in [0.5, 0.6) is 0 Å². The molecule has 2 heterocycles. The first kappa shape index (κ1) is 33.8. The second-order valence-corrected chi connectivity index (χ2v) is 13.5. The summed E-state index contributed by atoms with van der Waals surface area (Å²) in [5.41, 5.74) is 3.48. The minimum Gasteiger partial charge on any atom is -0.337 e. The summed E-state index contributed by atoms with van der Waals surface area (Å²) < 4.78 is 17.4. The summed E-state index contributed by atoms with van der Waals surface area (Å²) in [6, 6.07) is 27.6. The summed E-state index contributed by atoms with van der Waals surface area (Å²) in [4.78, 5) is 45.3. The van der Waals surface area contributed by atoms with Crippen molar-refractivity contribution in [2.45, 2.75) is 57.4 Å². The Morgan fingerprint density at radius 3 is 2.31 bits per heavy atom. The molecule has 3 amide bonds. The molecule has 9 nitrogen and oxygen atoms in total. The van der Waals surface area contributed by atoms with E-state index >= 15 is 0 Å². The molecule has 4 aromatic carbocycles. The number of benzene rings is 4. The molecule has 0 aliphatic carbocycles. The maximum atomic E-state index is 14.2. The monoisotopic (exact) mass is 675 g/mol. The van der Waals surface area contributed by atoms with Crippen molar-refractivity contribution >= 4 is 39.5 Å². The summed E-state index contributed by atoms with van der Waals surface area (Å²) in [5.74, 6) is -0.978. The van der Waals surface area contributed by atoms with Crippen LogP contribution in [0, 0.1) is 0 Å². The molecule has 6 rings (SSSR count). The van der Waals surface area contributed by atoms with Gasteiger partial charge in [0, 0.05) is 37.9 Å². The number of nitrogens with zero attached hydrogens (tertiary/aromatic N) is 4. The quantitative estimate of drug-likeness (QED) is 0.158. The highest BCUT2D eigenvalue weighted by Crippen LogP contribution is 2.25. The maximum Gasteiger partial charge on any atom is 0.274 e. The van der Waals surface area contributed by atoms with Gasteiger partial charge in [0.05, 0.1) is 16.1 Å². The molecule has 1 aromatic heterocycles. The van der Waals surface area contributed by atoms with Gasteiger partial charge in [-0.15, -0.1) is 0 Å². The minimum absolute atomic E-state index is 0.145. The molecule has 1 unspecified atom stereocenters. The first-order valence-corrected chi connectivity index (χ1v) is 18.1. The molecule has 0 saturated carbocycles. The molecule has 252 valence electrons. The first-order chi connectivity index (χ1) is 23.9. The van der Waals surface area contributed by atoms with Gasteiger partial charge in [-0.1, -0.05) is 81.3 Å². The van der Waals surface area contributed by atoms with E-state index in [1.54, 1.807) is 41.4 Å². The van der Waals surface area contributed by atoms with Crippen molar-refractivity contribution in [2.24, 2.45) is 0 Å². The summed E-state index contributed by atoms with van der Waals surface area (Å²) >= 11 is 0. The fourth-order valence-electron chi connectivity index (χ4n) is 6.12. The molecular formula is C39H41N5O4S. The Hall–Kier alpha value is -5.09. The van der Waals surface area contributed by atoms with Gasteiger partial charge in [-0.2, -0.15) is 5.10 Å². The van der Waals surface area contributed by atoms with Crippen molar-refractivity contribution in [2.75, 3.05) is 19.6 Å². The highest BCUT2D eigenvalue weighted by atomic mass is 32.2. The highest BCUT2D eigenvalue weighted by molar-refractivity contribution is 7.83. The van der Waals surface area contributed by atoms with Crippen LogP contribution < -0.4 is 4.72 Å². The normalized spacial score (nSPS) is 13.1. The number of unbranched alkanes of at least 4 members (excludes halogenated alkanes) is 2. The van der Waals surface area contributed by atoms with Crippen LogP contribution in [-0.4, -0.2) is 61.1 Å². The van der Waals surface area contributed by atoms with Crippen LogP contribution in [0.1, 0.15) is 81.9 Å². The lowest BCUT2D eigenvalue weighted by Crippen LogP contribution is -2.36. The Bertz CT molecular complexity index is 2010. The smallest absolute Gasteiger partial charge is 0.274 e. The number of hydrogen-bond donors (Lipinski definition) is 1. The largest absolute Gasteiger partial charge is 0.337 e. The number of nitrogens with one attached hydrogen (secondary N) is 1. The number of hydrogen-bond acceptors (Lipinski definition) is 5. The van der Waals surface area contributed by atoms with Crippen molar-refractivity contribution < 1.29 is 18.6 Å². The van der Waals surface area contributed by atoms with Crippen LogP contribution in [0.25, 0.3) is 16.5 Å². The second-order valence-electron chi connectivity index (χ2n) is 12.3. The van der Waals surface area contributed by atoms with E-state index in [1.807, 2.05) is 53.4 Å². The predicted molar refractivity (Wildman–Crippen MR) is 192 cm³/mol. The predicted octanol–water partition coefficient (Wildman–Crippen LogP) is 6.72. The van der Waals surface area contributed by atoms with Crippen molar-refractivity contribution in [3.05, 3.63) is 125 Å². The molecule has 1 N–H and O–H groups in total. The van der Waals surface area contributed by atoms with E-state index in [0.29, 0.717) is 48.9 Å². The van der Waals surface area contributed by atoms with E-state index < -0.39 is 16.9 Å². The lowest BCUT2D eigenvalue weighted by molar-refractivity contribution is 0.0732. The van der Waals surface area contributed by atoms with Gasteiger partial charge in [0.2, 0.25) is 0 Å².